The van der Waals surface area contributed by atoms with Crippen molar-refractivity contribution in [3.8, 4) is 0 Å². The van der Waals surface area contributed by atoms with Crippen LogP contribution in [-0.2, 0) is 16.2 Å². The molecule has 0 fully saturated rings. The van der Waals surface area contributed by atoms with Crippen LogP contribution in [0.5, 0.6) is 0 Å². The number of aliphatic imine (C=N–C) groups is 1. The molecule has 1 heterocycles. The third-order valence-corrected chi connectivity index (χ3v) is 5.36. The molecular formula is C18H16F3N3O3S. The third-order valence-electron chi connectivity index (χ3n) is 3.98. The summed E-state index contributed by atoms with van der Waals surface area (Å²) in [5.41, 5.74) is -1.00. The van der Waals surface area contributed by atoms with Crippen LogP contribution in [0, 0.1) is 0 Å². The lowest BCUT2D eigenvalue weighted by molar-refractivity contribution is -0.137. The summed E-state index contributed by atoms with van der Waals surface area (Å²) in [7, 11) is -3.87. The second-order valence-corrected chi connectivity index (χ2v) is 7.78. The van der Waals surface area contributed by atoms with E-state index in [0.717, 1.165) is 24.6 Å². The zero-order valence-electron chi connectivity index (χ0n) is 14.5. The molecule has 1 aliphatic rings. The van der Waals surface area contributed by atoms with Crippen molar-refractivity contribution in [3.63, 3.8) is 0 Å². The van der Waals surface area contributed by atoms with Gasteiger partial charge < -0.3 is 5.32 Å². The van der Waals surface area contributed by atoms with Gasteiger partial charge >= 0.3 is 6.18 Å². The van der Waals surface area contributed by atoms with Crippen molar-refractivity contribution in [2.24, 2.45) is 4.99 Å². The maximum atomic E-state index is 12.8. The molecule has 6 nitrogen and oxygen atoms in total. The highest BCUT2D eigenvalue weighted by Gasteiger charge is 2.31. The van der Waals surface area contributed by atoms with Crippen molar-refractivity contribution >= 4 is 27.5 Å². The highest BCUT2D eigenvalue weighted by atomic mass is 32.2. The average molecular weight is 411 g/mol. The maximum absolute atomic E-state index is 12.8. The summed E-state index contributed by atoms with van der Waals surface area (Å²) in [6.07, 6.45) is -3.27. The Hall–Kier alpha value is -2.88. The van der Waals surface area contributed by atoms with Gasteiger partial charge in [-0.05, 0) is 42.8 Å². The molecule has 0 spiro atoms. The number of hydrogen-bond acceptors (Lipinski definition) is 4. The van der Waals surface area contributed by atoms with E-state index >= 15 is 0 Å². The number of benzene rings is 2. The smallest absolute Gasteiger partial charge is 0.322 e. The Morgan fingerprint density at radius 2 is 1.82 bits per heavy atom. The predicted octanol–water partition coefficient (Wildman–Crippen LogP) is 3.43. The van der Waals surface area contributed by atoms with E-state index in [1.54, 1.807) is 0 Å². The molecule has 0 saturated heterocycles. The first-order valence-electron chi connectivity index (χ1n) is 8.30. The van der Waals surface area contributed by atoms with Gasteiger partial charge in [-0.15, -0.1) is 0 Å². The second kappa shape index (κ2) is 7.63. The molecule has 0 radical (unpaired) electrons. The molecule has 3 rings (SSSR count). The summed E-state index contributed by atoms with van der Waals surface area (Å²) in [4.78, 5) is 16.2. The number of halogens is 3. The molecule has 0 bridgehead atoms. The summed E-state index contributed by atoms with van der Waals surface area (Å²) < 4.78 is 65.6. The number of hydrogen-bond donors (Lipinski definition) is 2. The summed E-state index contributed by atoms with van der Waals surface area (Å²) >= 11 is 0. The summed E-state index contributed by atoms with van der Waals surface area (Å²) in [5.74, 6) is -0.410. The van der Waals surface area contributed by atoms with Gasteiger partial charge in [0, 0.05) is 24.2 Å². The number of carbonyl (C=O) groups excluding carboxylic acids is 1. The molecular weight excluding hydrogens is 395 g/mol. The van der Waals surface area contributed by atoms with Crippen LogP contribution in [0.4, 0.5) is 18.9 Å². The van der Waals surface area contributed by atoms with Gasteiger partial charge in [0.05, 0.1) is 10.5 Å². The number of rotatable bonds is 4. The molecule has 0 unspecified atom stereocenters. The standard InChI is InChI=1S/C18H16F3N3O3S/c19-18(20,21)13-5-1-4-12(10-13)17(25)23-14-6-2-7-15(11-14)28(26,27)24-16-8-3-9-22-16/h1-2,4-7,10-11H,3,8-9H2,(H,22,24)(H,23,25). The van der Waals surface area contributed by atoms with Gasteiger partial charge in [0.25, 0.3) is 15.9 Å². The minimum Gasteiger partial charge on any atom is -0.322 e. The van der Waals surface area contributed by atoms with Gasteiger partial charge in [0.15, 0.2) is 0 Å². The van der Waals surface area contributed by atoms with E-state index in [-0.39, 0.29) is 16.1 Å². The van der Waals surface area contributed by atoms with E-state index in [0.29, 0.717) is 18.8 Å². The van der Waals surface area contributed by atoms with Crippen molar-refractivity contribution in [2.75, 3.05) is 11.9 Å². The Bertz CT molecular complexity index is 1030. The van der Waals surface area contributed by atoms with E-state index in [2.05, 4.69) is 15.0 Å². The highest BCUT2D eigenvalue weighted by molar-refractivity contribution is 7.90. The van der Waals surface area contributed by atoms with Gasteiger partial charge in [0.1, 0.15) is 5.84 Å². The number of alkyl halides is 3. The molecule has 0 aromatic heterocycles. The van der Waals surface area contributed by atoms with Crippen LogP contribution in [0.25, 0.3) is 0 Å². The Kier molecular flexibility index (Phi) is 5.41. The Labute approximate surface area is 159 Å². The van der Waals surface area contributed by atoms with E-state index in [1.165, 1.54) is 30.3 Å². The first kappa shape index (κ1) is 19.9. The molecule has 148 valence electrons. The highest BCUT2D eigenvalue weighted by Crippen LogP contribution is 2.29. The van der Waals surface area contributed by atoms with Crippen LogP contribution in [0.1, 0.15) is 28.8 Å². The first-order chi connectivity index (χ1) is 13.1. The van der Waals surface area contributed by atoms with E-state index in [1.807, 2.05) is 0 Å². The van der Waals surface area contributed by atoms with Crippen LogP contribution in [0.2, 0.25) is 0 Å². The quantitative estimate of drug-likeness (QED) is 0.808. The van der Waals surface area contributed by atoms with Gasteiger partial charge in [0.2, 0.25) is 0 Å². The van der Waals surface area contributed by atoms with Crippen LogP contribution in [0.3, 0.4) is 0 Å². The lowest BCUT2D eigenvalue weighted by Crippen LogP contribution is -2.29. The fraction of sp³-hybridized carbons (Fsp3) is 0.222. The topological polar surface area (TPSA) is 87.6 Å². The number of nitrogens with zero attached hydrogens (tertiary/aromatic N) is 1. The number of sulfonamides is 1. The minimum atomic E-state index is -4.57. The number of carbonyl (C=O) groups is 1. The Balaban J connectivity index is 1.78. The number of amidine groups is 1. The molecule has 2 N–H and O–H groups in total. The van der Waals surface area contributed by atoms with E-state index in [9.17, 15) is 26.4 Å². The zero-order valence-corrected chi connectivity index (χ0v) is 15.3. The largest absolute Gasteiger partial charge is 0.416 e. The monoisotopic (exact) mass is 411 g/mol. The molecule has 28 heavy (non-hydrogen) atoms. The van der Waals surface area contributed by atoms with Crippen molar-refractivity contribution in [3.05, 3.63) is 59.7 Å². The fourth-order valence-electron chi connectivity index (χ4n) is 2.62. The van der Waals surface area contributed by atoms with Gasteiger partial charge in [-0.2, -0.15) is 13.2 Å². The fourth-order valence-corrected chi connectivity index (χ4v) is 3.75. The summed E-state index contributed by atoms with van der Waals surface area (Å²) in [6, 6.07) is 9.40. The summed E-state index contributed by atoms with van der Waals surface area (Å²) in [5, 5.41) is 2.41. The normalized spacial score (nSPS) is 14.5. The maximum Gasteiger partial charge on any atom is 0.416 e. The Morgan fingerprint density at radius 3 is 2.50 bits per heavy atom. The molecule has 0 saturated carbocycles. The van der Waals surface area contributed by atoms with Crippen molar-refractivity contribution in [1.82, 2.24) is 4.72 Å². The first-order valence-corrected chi connectivity index (χ1v) is 9.78. The minimum absolute atomic E-state index is 0.0936. The van der Waals surface area contributed by atoms with Gasteiger partial charge in [-0.25, -0.2) is 8.42 Å². The molecule has 2 aromatic carbocycles. The van der Waals surface area contributed by atoms with Crippen molar-refractivity contribution in [2.45, 2.75) is 23.9 Å². The average Bonchev–Trinajstić information content (AvgIpc) is 3.13. The lowest BCUT2D eigenvalue weighted by Gasteiger charge is -2.11. The zero-order chi connectivity index (χ0) is 20.4. The molecule has 1 amide bonds. The molecule has 0 aliphatic carbocycles. The van der Waals surface area contributed by atoms with Crippen LogP contribution in [-0.4, -0.2) is 26.7 Å². The number of amides is 1. The van der Waals surface area contributed by atoms with Crippen molar-refractivity contribution < 1.29 is 26.4 Å². The predicted molar refractivity (Wildman–Crippen MR) is 97.7 cm³/mol. The molecule has 1 aliphatic heterocycles. The molecule has 0 atom stereocenters. The van der Waals surface area contributed by atoms with Crippen LogP contribution in [0.15, 0.2) is 58.4 Å². The summed E-state index contributed by atoms with van der Waals surface area (Å²) in [6.45, 7) is 0.560. The third kappa shape index (κ3) is 4.69. The van der Waals surface area contributed by atoms with Gasteiger partial charge in [-0.3, -0.25) is 14.5 Å². The number of nitrogens with one attached hydrogen (secondary N) is 2. The SMILES string of the molecule is O=C(Nc1cccc(S(=O)(=O)NC2=NCCC2)c1)c1cccc(C(F)(F)F)c1. The van der Waals surface area contributed by atoms with Crippen LogP contribution >= 0.6 is 0 Å². The molecule has 2 aromatic rings. The van der Waals surface area contributed by atoms with Crippen LogP contribution < -0.4 is 10.0 Å². The van der Waals surface area contributed by atoms with Crippen molar-refractivity contribution in [1.29, 1.82) is 0 Å². The molecule has 10 heteroatoms. The van der Waals surface area contributed by atoms with Gasteiger partial charge in [-0.1, -0.05) is 12.1 Å². The van der Waals surface area contributed by atoms with E-state index < -0.39 is 27.7 Å². The second-order valence-electron chi connectivity index (χ2n) is 6.10. The lowest BCUT2D eigenvalue weighted by atomic mass is 10.1. The Morgan fingerprint density at radius 1 is 1.07 bits per heavy atom. The van der Waals surface area contributed by atoms with E-state index in [4.69, 9.17) is 0 Å². The number of anilines is 1.